The van der Waals surface area contributed by atoms with Crippen molar-refractivity contribution in [1.82, 2.24) is 0 Å². The van der Waals surface area contributed by atoms with Gasteiger partial charge >= 0.3 is 0 Å². The van der Waals surface area contributed by atoms with Gasteiger partial charge in [0.1, 0.15) is 0 Å². The summed E-state index contributed by atoms with van der Waals surface area (Å²) in [5.41, 5.74) is 0.896. The lowest BCUT2D eigenvalue weighted by molar-refractivity contribution is 0.602. The second-order valence-electron chi connectivity index (χ2n) is 2.90. The van der Waals surface area contributed by atoms with Gasteiger partial charge in [0.15, 0.2) is 9.84 Å². The van der Waals surface area contributed by atoms with E-state index in [2.05, 4.69) is 15.9 Å². The van der Waals surface area contributed by atoms with Crippen LogP contribution in [0.1, 0.15) is 5.56 Å². The minimum Gasteiger partial charge on any atom is -0.224 e. The Morgan fingerprint density at radius 1 is 1.43 bits per heavy atom. The molecule has 0 aliphatic carbocycles. The van der Waals surface area contributed by atoms with Gasteiger partial charge in [-0.15, -0.1) is 0 Å². The van der Waals surface area contributed by atoms with E-state index in [9.17, 15) is 8.42 Å². The molecule has 0 unspecified atom stereocenters. The first-order valence-electron chi connectivity index (χ1n) is 4.06. The fourth-order valence-electron chi connectivity index (χ4n) is 1.03. The largest absolute Gasteiger partial charge is 0.224 e. The van der Waals surface area contributed by atoms with Crippen LogP contribution in [0.3, 0.4) is 0 Å². The van der Waals surface area contributed by atoms with Crippen LogP contribution in [0.25, 0.3) is 6.08 Å². The molecule has 14 heavy (non-hydrogen) atoms. The smallest absolute Gasteiger partial charge is 0.175 e. The molecule has 0 fully saturated rings. The van der Waals surface area contributed by atoms with Crippen molar-refractivity contribution in [3.63, 3.8) is 0 Å². The summed E-state index contributed by atoms with van der Waals surface area (Å²) in [4.78, 5) is 0.356. The van der Waals surface area contributed by atoms with Gasteiger partial charge in [-0.25, -0.2) is 8.42 Å². The van der Waals surface area contributed by atoms with Gasteiger partial charge in [-0.3, -0.25) is 0 Å². The molecule has 0 radical (unpaired) electrons. The standard InChI is InChI=1S/C10H11BrO2S/c1-14(12,13)10-6-2-4-9(8-10)5-3-7-11/h2-6,8H,7H2,1H3/b5-3+. The van der Waals surface area contributed by atoms with Crippen molar-refractivity contribution in [2.75, 3.05) is 11.6 Å². The number of allylic oxidation sites excluding steroid dienone is 1. The Morgan fingerprint density at radius 3 is 2.71 bits per heavy atom. The van der Waals surface area contributed by atoms with Gasteiger partial charge in [0.05, 0.1) is 4.90 Å². The van der Waals surface area contributed by atoms with Crippen LogP contribution in [0.2, 0.25) is 0 Å². The molecule has 76 valence electrons. The third-order valence-electron chi connectivity index (χ3n) is 1.69. The summed E-state index contributed by atoms with van der Waals surface area (Å²) in [6.07, 6.45) is 5.01. The summed E-state index contributed by atoms with van der Waals surface area (Å²) < 4.78 is 22.5. The monoisotopic (exact) mass is 274 g/mol. The minimum absolute atomic E-state index is 0.356. The van der Waals surface area contributed by atoms with Crippen LogP contribution in [0, 0.1) is 0 Å². The Hall–Kier alpha value is -0.610. The Bertz CT molecular complexity index is 435. The SMILES string of the molecule is CS(=O)(=O)c1cccc(/C=C/CBr)c1. The Balaban J connectivity index is 3.08. The van der Waals surface area contributed by atoms with Crippen molar-refractivity contribution in [3.8, 4) is 0 Å². The highest BCUT2D eigenvalue weighted by molar-refractivity contribution is 9.09. The fourth-order valence-corrected chi connectivity index (χ4v) is 1.89. The highest BCUT2D eigenvalue weighted by Gasteiger charge is 2.05. The van der Waals surface area contributed by atoms with Crippen LogP contribution < -0.4 is 0 Å². The Kier molecular flexibility index (Phi) is 3.89. The third-order valence-corrected chi connectivity index (χ3v) is 3.17. The van der Waals surface area contributed by atoms with Crippen LogP contribution in [0.5, 0.6) is 0 Å². The van der Waals surface area contributed by atoms with Gasteiger partial charge in [-0.1, -0.05) is 40.2 Å². The fraction of sp³-hybridized carbons (Fsp3) is 0.200. The van der Waals surface area contributed by atoms with Crippen molar-refractivity contribution in [3.05, 3.63) is 35.9 Å². The first-order valence-corrected chi connectivity index (χ1v) is 7.08. The van der Waals surface area contributed by atoms with E-state index < -0.39 is 9.84 Å². The first kappa shape index (κ1) is 11.5. The molecular formula is C10H11BrO2S. The molecule has 1 aromatic carbocycles. The molecule has 4 heteroatoms. The number of hydrogen-bond acceptors (Lipinski definition) is 2. The molecule has 0 aromatic heterocycles. The molecule has 1 rings (SSSR count). The number of hydrogen-bond donors (Lipinski definition) is 0. The second-order valence-corrected chi connectivity index (χ2v) is 5.56. The minimum atomic E-state index is -3.10. The molecule has 0 heterocycles. The zero-order valence-electron chi connectivity index (χ0n) is 7.77. The van der Waals surface area contributed by atoms with E-state index in [4.69, 9.17) is 0 Å². The zero-order valence-corrected chi connectivity index (χ0v) is 10.2. The lowest BCUT2D eigenvalue weighted by Crippen LogP contribution is -1.96. The highest BCUT2D eigenvalue weighted by Crippen LogP contribution is 2.12. The molecule has 0 atom stereocenters. The Morgan fingerprint density at radius 2 is 2.14 bits per heavy atom. The molecule has 1 aromatic rings. The predicted octanol–water partition coefficient (Wildman–Crippen LogP) is 2.50. The topological polar surface area (TPSA) is 34.1 Å². The maximum absolute atomic E-state index is 11.2. The van der Waals surface area contributed by atoms with E-state index in [1.165, 1.54) is 6.26 Å². The number of rotatable bonds is 3. The van der Waals surface area contributed by atoms with Gasteiger partial charge in [-0.2, -0.15) is 0 Å². The second kappa shape index (κ2) is 4.75. The molecule has 0 saturated carbocycles. The third kappa shape index (κ3) is 3.27. The average molecular weight is 275 g/mol. The van der Waals surface area contributed by atoms with E-state index in [-0.39, 0.29) is 0 Å². The molecular weight excluding hydrogens is 264 g/mol. The van der Waals surface area contributed by atoms with Crippen LogP contribution in [-0.2, 0) is 9.84 Å². The highest BCUT2D eigenvalue weighted by atomic mass is 79.9. The van der Waals surface area contributed by atoms with Gasteiger partial charge in [0, 0.05) is 11.6 Å². The number of halogens is 1. The van der Waals surface area contributed by atoms with E-state index >= 15 is 0 Å². The van der Waals surface area contributed by atoms with Crippen molar-refractivity contribution >= 4 is 31.8 Å². The molecule has 0 N–H and O–H groups in total. The van der Waals surface area contributed by atoms with E-state index in [0.717, 1.165) is 10.9 Å². The molecule has 0 bridgehead atoms. The van der Waals surface area contributed by atoms with Crippen LogP contribution >= 0.6 is 15.9 Å². The van der Waals surface area contributed by atoms with Crippen molar-refractivity contribution < 1.29 is 8.42 Å². The average Bonchev–Trinajstić information content (AvgIpc) is 2.14. The molecule has 0 spiro atoms. The number of alkyl halides is 1. The van der Waals surface area contributed by atoms with Gasteiger partial charge < -0.3 is 0 Å². The first-order chi connectivity index (χ1) is 6.54. The van der Waals surface area contributed by atoms with Gasteiger partial charge in [-0.05, 0) is 17.7 Å². The summed E-state index contributed by atoms with van der Waals surface area (Å²) in [7, 11) is -3.10. The van der Waals surface area contributed by atoms with Crippen LogP contribution in [-0.4, -0.2) is 20.0 Å². The molecule has 0 aliphatic heterocycles. The molecule has 2 nitrogen and oxygen atoms in total. The summed E-state index contributed by atoms with van der Waals surface area (Å²) in [5, 5.41) is 0.760. The lowest BCUT2D eigenvalue weighted by Gasteiger charge is -1.99. The number of benzene rings is 1. The summed E-state index contributed by atoms with van der Waals surface area (Å²) in [5.74, 6) is 0. The molecule has 0 amide bonds. The van der Waals surface area contributed by atoms with Crippen molar-refractivity contribution in [2.45, 2.75) is 4.90 Å². The van der Waals surface area contributed by atoms with Gasteiger partial charge in [0.25, 0.3) is 0 Å². The Labute approximate surface area is 92.7 Å². The molecule has 0 saturated heterocycles. The summed E-state index contributed by atoms with van der Waals surface area (Å²) >= 11 is 3.26. The maximum Gasteiger partial charge on any atom is 0.175 e. The lowest BCUT2D eigenvalue weighted by atomic mass is 10.2. The maximum atomic E-state index is 11.2. The summed E-state index contributed by atoms with van der Waals surface area (Å²) in [6, 6.07) is 6.87. The van der Waals surface area contributed by atoms with Crippen molar-refractivity contribution in [2.24, 2.45) is 0 Å². The van der Waals surface area contributed by atoms with E-state index in [1.807, 2.05) is 18.2 Å². The zero-order chi connectivity index (χ0) is 10.6. The van der Waals surface area contributed by atoms with E-state index in [1.54, 1.807) is 18.2 Å². The van der Waals surface area contributed by atoms with E-state index in [0.29, 0.717) is 4.90 Å². The predicted molar refractivity (Wildman–Crippen MR) is 62.4 cm³/mol. The number of sulfone groups is 1. The normalized spacial score (nSPS) is 12.1. The quantitative estimate of drug-likeness (QED) is 0.794. The van der Waals surface area contributed by atoms with Crippen molar-refractivity contribution in [1.29, 1.82) is 0 Å². The van der Waals surface area contributed by atoms with Gasteiger partial charge in [0.2, 0.25) is 0 Å². The van der Waals surface area contributed by atoms with Crippen LogP contribution in [0.15, 0.2) is 35.2 Å². The summed E-state index contributed by atoms with van der Waals surface area (Å²) in [6.45, 7) is 0. The van der Waals surface area contributed by atoms with Crippen LogP contribution in [0.4, 0.5) is 0 Å². The molecule has 0 aliphatic rings.